The molecule has 4 heteroatoms. The molecule has 1 nitrogen and oxygen atoms in total. The molecule has 2 unspecified atom stereocenters. The Bertz CT molecular complexity index is 378. The molecule has 1 N–H and O–H groups in total. The predicted molar refractivity (Wildman–Crippen MR) is 78.7 cm³/mol. The maximum absolute atomic E-state index is 13.2. The number of hydrogen-bond acceptors (Lipinski definition) is 2. The Morgan fingerprint density at radius 1 is 1.16 bits per heavy atom. The minimum absolute atomic E-state index is 0.379. The summed E-state index contributed by atoms with van der Waals surface area (Å²) < 4.78 is 26.1. The van der Waals surface area contributed by atoms with Gasteiger partial charge >= 0.3 is 0 Å². The molecule has 0 saturated heterocycles. The molecule has 0 saturated carbocycles. The zero-order chi connectivity index (χ0) is 14.3. The lowest BCUT2D eigenvalue weighted by molar-refractivity contribution is 0.465. The fraction of sp³-hybridized carbons (Fsp3) is 0.600. The van der Waals surface area contributed by atoms with Crippen molar-refractivity contribution in [2.24, 2.45) is 0 Å². The van der Waals surface area contributed by atoms with Crippen LogP contribution in [0.2, 0.25) is 0 Å². The van der Waals surface area contributed by atoms with E-state index in [0.717, 1.165) is 30.7 Å². The minimum Gasteiger partial charge on any atom is -0.313 e. The van der Waals surface area contributed by atoms with Gasteiger partial charge in [-0.2, -0.15) is 0 Å². The van der Waals surface area contributed by atoms with Gasteiger partial charge in [-0.3, -0.25) is 0 Å². The highest BCUT2D eigenvalue weighted by molar-refractivity contribution is 8.00. The molecule has 0 heterocycles. The molecule has 1 aromatic rings. The Hall–Kier alpha value is -0.610. The molecule has 1 aromatic carbocycles. The third-order valence-electron chi connectivity index (χ3n) is 3.10. The molecule has 0 fully saturated rings. The second-order valence-electron chi connectivity index (χ2n) is 4.59. The highest BCUT2D eigenvalue weighted by Gasteiger charge is 2.20. The van der Waals surface area contributed by atoms with E-state index in [-0.39, 0.29) is 0 Å². The highest BCUT2D eigenvalue weighted by Crippen LogP contribution is 2.30. The van der Waals surface area contributed by atoms with E-state index in [1.165, 1.54) is 12.1 Å². The van der Waals surface area contributed by atoms with Crippen LogP contribution in [0.25, 0.3) is 0 Å². The van der Waals surface area contributed by atoms with E-state index in [1.54, 1.807) is 17.8 Å². The van der Waals surface area contributed by atoms with E-state index in [4.69, 9.17) is 0 Å². The third kappa shape index (κ3) is 5.11. The van der Waals surface area contributed by atoms with E-state index < -0.39 is 11.6 Å². The van der Waals surface area contributed by atoms with Crippen LogP contribution in [0.1, 0.15) is 40.0 Å². The predicted octanol–water partition coefficient (Wildman–Crippen LogP) is 4.61. The van der Waals surface area contributed by atoms with Gasteiger partial charge in [-0.1, -0.05) is 27.2 Å². The Kier molecular flexibility index (Phi) is 7.39. The molecule has 1 rings (SSSR count). The van der Waals surface area contributed by atoms with Gasteiger partial charge in [0.05, 0.1) is 0 Å². The third-order valence-corrected chi connectivity index (χ3v) is 4.59. The number of rotatable bonds is 8. The van der Waals surface area contributed by atoms with Gasteiger partial charge in [0.2, 0.25) is 0 Å². The van der Waals surface area contributed by atoms with Crippen molar-refractivity contribution in [2.75, 3.05) is 6.54 Å². The molecule has 2 atom stereocenters. The summed E-state index contributed by atoms with van der Waals surface area (Å²) in [5.41, 5.74) is 0. The van der Waals surface area contributed by atoms with Crippen molar-refractivity contribution in [3.8, 4) is 0 Å². The van der Waals surface area contributed by atoms with E-state index in [9.17, 15) is 8.78 Å². The first-order valence-electron chi connectivity index (χ1n) is 6.97. The normalized spacial score (nSPS) is 14.4. The van der Waals surface area contributed by atoms with Crippen LogP contribution in [0.4, 0.5) is 8.78 Å². The quantitative estimate of drug-likeness (QED) is 0.701. The highest BCUT2D eigenvalue weighted by atomic mass is 32.2. The van der Waals surface area contributed by atoms with Crippen molar-refractivity contribution in [2.45, 2.75) is 56.2 Å². The van der Waals surface area contributed by atoms with Gasteiger partial charge in [0.25, 0.3) is 0 Å². The van der Waals surface area contributed by atoms with Crippen LogP contribution < -0.4 is 5.32 Å². The van der Waals surface area contributed by atoms with E-state index >= 15 is 0 Å². The van der Waals surface area contributed by atoms with Crippen molar-refractivity contribution in [3.05, 3.63) is 29.8 Å². The molecule has 0 aliphatic carbocycles. The van der Waals surface area contributed by atoms with Gasteiger partial charge < -0.3 is 5.32 Å². The molecule has 0 bridgehead atoms. The fourth-order valence-electron chi connectivity index (χ4n) is 2.17. The van der Waals surface area contributed by atoms with Crippen LogP contribution in [0.3, 0.4) is 0 Å². The van der Waals surface area contributed by atoms with E-state index in [2.05, 4.69) is 26.1 Å². The summed E-state index contributed by atoms with van der Waals surface area (Å²) in [5.74, 6) is -1.55. The number of halogens is 2. The molecular formula is C15H23F2NS. The topological polar surface area (TPSA) is 12.0 Å². The van der Waals surface area contributed by atoms with Gasteiger partial charge in [-0.25, -0.2) is 8.78 Å². The average Bonchev–Trinajstić information content (AvgIpc) is 2.40. The fourth-order valence-corrected chi connectivity index (χ4v) is 3.40. The Balaban J connectivity index is 2.75. The van der Waals surface area contributed by atoms with Gasteiger partial charge in [0.15, 0.2) is 11.6 Å². The Labute approximate surface area is 119 Å². The van der Waals surface area contributed by atoms with Crippen LogP contribution in [-0.2, 0) is 0 Å². The monoisotopic (exact) mass is 287 g/mol. The number of hydrogen-bond donors (Lipinski definition) is 1. The first-order valence-corrected chi connectivity index (χ1v) is 7.85. The van der Waals surface area contributed by atoms with Gasteiger partial charge in [0.1, 0.15) is 0 Å². The molecule has 0 aliphatic heterocycles. The van der Waals surface area contributed by atoms with Crippen LogP contribution in [0, 0.1) is 11.6 Å². The SMILES string of the molecule is CCCC(NCC)C(CC)Sc1ccc(F)c(F)c1. The summed E-state index contributed by atoms with van der Waals surface area (Å²) in [6, 6.07) is 4.56. The summed E-state index contributed by atoms with van der Waals surface area (Å²) in [4.78, 5) is 0.796. The summed E-state index contributed by atoms with van der Waals surface area (Å²) in [6.07, 6.45) is 3.22. The summed E-state index contributed by atoms with van der Waals surface area (Å²) in [7, 11) is 0. The molecule has 0 aromatic heterocycles. The molecule has 108 valence electrons. The van der Waals surface area contributed by atoms with Crippen molar-refractivity contribution < 1.29 is 8.78 Å². The van der Waals surface area contributed by atoms with Crippen LogP contribution in [0.5, 0.6) is 0 Å². The van der Waals surface area contributed by atoms with E-state index in [1.807, 2.05) is 0 Å². The molecule has 0 aliphatic rings. The van der Waals surface area contributed by atoms with Crippen LogP contribution in [0.15, 0.2) is 23.1 Å². The molecule has 0 amide bonds. The van der Waals surface area contributed by atoms with Crippen molar-refractivity contribution in [1.29, 1.82) is 0 Å². The molecule has 0 radical (unpaired) electrons. The summed E-state index contributed by atoms with van der Waals surface area (Å²) >= 11 is 1.63. The molecular weight excluding hydrogens is 264 g/mol. The zero-order valence-corrected chi connectivity index (χ0v) is 12.7. The maximum Gasteiger partial charge on any atom is 0.159 e. The smallest absolute Gasteiger partial charge is 0.159 e. The lowest BCUT2D eigenvalue weighted by Crippen LogP contribution is -2.37. The number of nitrogens with one attached hydrogen (secondary N) is 1. The molecule has 19 heavy (non-hydrogen) atoms. The van der Waals surface area contributed by atoms with Crippen molar-refractivity contribution >= 4 is 11.8 Å². The number of thioether (sulfide) groups is 1. The van der Waals surface area contributed by atoms with Gasteiger partial charge in [-0.05, 0) is 37.6 Å². The first kappa shape index (κ1) is 16.4. The van der Waals surface area contributed by atoms with Crippen LogP contribution in [-0.4, -0.2) is 17.8 Å². The maximum atomic E-state index is 13.2. The average molecular weight is 287 g/mol. The van der Waals surface area contributed by atoms with Crippen LogP contribution >= 0.6 is 11.8 Å². The van der Waals surface area contributed by atoms with Gasteiger partial charge in [0, 0.05) is 16.2 Å². The van der Waals surface area contributed by atoms with E-state index in [0.29, 0.717) is 11.3 Å². The standard InChI is InChI=1S/C15H23F2NS/c1-4-7-14(18-6-3)15(5-2)19-11-8-9-12(16)13(17)10-11/h8-10,14-15,18H,4-7H2,1-3H3. The lowest BCUT2D eigenvalue weighted by Gasteiger charge is -2.26. The Morgan fingerprint density at radius 2 is 1.89 bits per heavy atom. The first-order chi connectivity index (χ1) is 9.12. The molecule has 0 spiro atoms. The number of benzene rings is 1. The van der Waals surface area contributed by atoms with Crippen molar-refractivity contribution in [3.63, 3.8) is 0 Å². The second kappa shape index (κ2) is 8.54. The Morgan fingerprint density at radius 3 is 2.42 bits per heavy atom. The second-order valence-corrected chi connectivity index (χ2v) is 5.91. The van der Waals surface area contributed by atoms with Crippen molar-refractivity contribution in [1.82, 2.24) is 5.32 Å². The zero-order valence-electron chi connectivity index (χ0n) is 11.9. The summed E-state index contributed by atoms with van der Waals surface area (Å²) in [5, 5.41) is 3.87. The largest absolute Gasteiger partial charge is 0.313 e. The minimum atomic E-state index is -0.783. The van der Waals surface area contributed by atoms with Gasteiger partial charge in [-0.15, -0.1) is 11.8 Å². The summed E-state index contributed by atoms with van der Waals surface area (Å²) in [6.45, 7) is 7.33. The lowest BCUT2D eigenvalue weighted by atomic mass is 10.1.